The normalized spacial score (nSPS) is 10.0. The first-order chi connectivity index (χ1) is 11.0. The number of halogens is 2. The summed E-state index contributed by atoms with van der Waals surface area (Å²) in [5.74, 6) is -2.09. The van der Waals surface area contributed by atoms with Gasteiger partial charge in [0, 0.05) is 11.8 Å². The highest BCUT2D eigenvalue weighted by atomic mass is 19.1. The molecule has 2 aromatic rings. The van der Waals surface area contributed by atoms with Crippen molar-refractivity contribution in [2.75, 3.05) is 18.5 Å². The highest BCUT2D eigenvalue weighted by molar-refractivity contribution is 5.92. The van der Waals surface area contributed by atoms with Gasteiger partial charge in [-0.15, -0.1) is 0 Å². The van der Waals surface area contributed by atoms with E-state index in [2.05, 4.69) is 5.32 Å². The van der Waals surface area contributed by atoms with Crippen molar-refractivity contribution in [3.8, 4) is 5.75 Å². The molecule has 2 aromatic carbocycles. The summed E-state index contributed by atoms with van der Waals surface area (Å²) < 4.78 is 35.3. The number of nitrogens with one attached hydrogen (secondary N) is 1. The molecule has 120 valence electrons. The lowest BCUT2D eigenvalue weighted by molar-refractivity contribution is -0.149. The second kappa shape index (κ2) is 7.88. The number of benzene rings is 2. The Bertz CT molecular complexity index is 689. The van der Waals surface area contributed by atoms with Crippen LogP contribution < -0.4 is 10.1 Å². The lowest BCUT2D eigenvalue weighted by Gasteiger charge is -2.08. The maximum atomic E-state index is 12.9. The van der Waals surface area contributed by atoms with Crippen molar-refractivity contribution in [2.24, 2.45) is 0 Å². The average molecular weight is 321 g/mol. The van der Waals surface area contributed by atoms with Gasteiger partial charge >= 0.3 is 5.97 Å². The molecule has 1 amide bonds. The molecule has 0 saturated heterocycles. The van der Waals surface area contributed by atoms with Crippen LogP contribution in [0, 0.1) is 11.6 Å². The molecule has 23 heavy (non-hydrogen) atoms. The highest BCUT2D eigenvalue weighted by Crippen LogP contribution is 2.11. The summed E-state index contributed by atoms with van der Waals surface area (Å²) in [6, 6.07) is 10.4. The number of ether oxygens (including phenoxy) is 2. The topological polar surface area (TPSA) is 64.6 Å². The lowest BCUT2D eigenvalue weighted by atomic mass is 10.3. The summed E-state index contributed by atoms with van der Waals surface area (Å²) in [5.41, 5.74) is 0.378. The summed E-state index contributed by atoms with van der Waals surface area (Å²) in [4.78, 5) is 23.0. The van der Waals surface area contributed by atoms with Crippen LogP contribution in [-0.4, -0.2) is 25.1 Å². The predicted molar refractivity (Wildman–Crippen MR) is 77.9 cm³/mol. The van der Waals surface area contributed by atoms with Crippen molar-refractivity contribution < 1.29 is 27.8 Å². The number of rotatable bonds is 6. The zero-order chi connectivity index (χ0) is 16.7. The van der Waals surface area contributed by atoms with E-state index >= 15 is 0 Å². The zero-order valence-electron chi connectivity index (χ0n) is 11.9. The van der Waals surface area contributed by atoms with Crippen LogP contribution in [0.1, 0.15) is 0 Å². The van der Waals surface area contributed by atoms with E-state index in [0.717, 1.165) is 6.07 Å². The first-order valence-electron chi connectivity index (χ1n) is 6.62. The van der Waals surface area contributed by atoms with E-state index in [1.807, 2.05) is 0 Å². The van der Waals surface area contributed by atoms with Crippen LogP contribution in [0.25, 0.3) is 0 Å². The van der Waals surface area contributed by atoms with Gasteiger partial charge in [-0.25, -0.2) is 13.6 Å². The number of carbonyl (C=O) groups excluding carboxylic acids is 2. The van der Waals surface area contributed by atoms with Crippen molar-refractivity contribution in [1.82, 2.24) is 0 Å². The molecule has 0 saturated carbocycles. The molecule has 0 bridgehead atoms. The molecule has 2 rings (SSSR count). The first kappa shape index (κ1) is 16.4. The van der Waals surface area contributed by atoms with Crippen LogP contribution in [0.15, 0.2) is 48.5 Å². The highest BCUT2D eigenvalue weighted by Gasteiger charge is 2.09. The SMILES string of the molecule is O=C(COC(=O)COc1cccc(F)c1)Nc1ccc(F)cc1. The predicted octanol–water partition coefficient (Wildman–Crippen LogP) is 2.53. The van der Waals surface area contributed by atoms with E-state index in [-0.39, 0.29) is 5.75 Å². The van der Waals surface area contributed by atoms with Gasteiger partial charge < -0.3 is 14.8 Å². The smallest absolute Gasteiger partial charge is 0.344 e. The molecule has 0 atom stereocenters. The third kappa shape index (κ3) is 5.74. The van der Waals surface area contributed by atoms with E-state index in [1.54, 1.807) is 0 Å². The standard InChI is InChI=1S/C16H13F2NO4/c17-11-4-6-13(7-5-11)19-15(20)9-23-16(21)10-22-14-3-1-2-12(18)8-14/h1-8H,9-10H2,(H,19,20). The summed E-state index contributed by atoms with van der Waals surface area (Å²) in [6.07, 6.45) is 0. The van der Waals surface area contributed by atoms with Crippen LogP contribution >= 0.6 is 0 Å². The maximum Gasteiger partial charge on any atom is 0.344 e. The zero-order valence-corrected chi connectivity index (χ0v) is 11.9. The molecule has 5 nitrogen and oxygen atoms in total. The molecule has 0 heterocycles. The molecule has 0 radical (unpaired) electrons. The number of amides is 1. The number of esters is 1. The molecule has 0 aromatic heterocycles. The van der Waals surface area contributed by atoms with Gasteiger partial charge in [-0.2, -0.15) is 0 Å². The summed E-state index contributed by atoms with van der Waals surface area (Å²) in [5, 5.41) is 2.43. The Morgan fingerprint density at radius 1 is 0.957 bits per heavy atom. The Morgan fingerprint density at radius 2 is 1.70 bits per heavy atom. The van der Waals surface area contributed by atoms with Gasteiger partial charge in [-0.1, -0.05) is 6.07 Å². The van der Waals surface area contributed by atoms with E-state index < -0.39 is 36.7 Å². The summed E-state index contributed by atoms with van der Waals surface area (Å²) in [7, 11) is 0. The fourth-order valence-electron chi connectivity index (χ4n) is 1.62. The van der Waals surface area contributed by atoms with Gasteiger partial charge in [0.15, 0.2) is 13.2 Å². The van der Waals surface area contributed by atoms with Gasteiger partial charge in [0.05, 0.1) is 0 Å². The quantitative estimate of drug-likeness (QED) is 0.831. The number of anilines is 1. The molecule has 7 heteroatoms. The third-order valence-corrected chi connectivity index (χ3v) is 2.64. The van der Waals surface area contributed by atoms with Crippen LogP contribution in [0.3, 0.4) is 0 Å². The Balaban J connectivity index is 1.71. The van der Waals surface area contributed by atoms with Gasteiger partial charge in [-0.3, -0.25) is 4.79 Å². The van der Waals surface area contributed by atoms with Crippen LogP contribution in [-0.2, 0) is 14.3 Å². The monoisotopic (exact) mass is 321 g/mol. The van der Waals surface area contributed by atoms with Crippen molar-refractivity contribution in [2.45, 2.75) is 0 Å². The van der Waals surface area contributed by atoms with Crippen molar-refractivity contribution in [1.29, 1.82) is 0 Å². The van der Waals surface area contributed by atoms with Crippen LogP contribution in [0.5, 0.6) is 5.75 Å². The molecule has 0 spiro atoms. The van der Waals surface area contributed by atoms with E-state index in [9.17, 15) is 18.4 Å². The van der Waals surface area contributed by atoms with Gasteiger partial charge in [0.2, 0.25) is 0 Å². The molecule has 0 aliphatic heterocycles. The Hall–Kier alpha value is -2.96. The molecular formula is C16H13F2NO4. The van der Waals surface area contributed by atoms with E-state index in [4.69, 9.17) is 9.47 Å². The molecule has 0 fully saturated rings. The molecule has 0 aliphatic rings. The molecule has 1 N–H and O–H groups in total. The minimum atomic E-state index is -0.775. The van der Waals surface area contributed by atoms with E-state index in [1.165, 1.54) is 42.5 Å². The molecular weight excluding hydrogens is 308 g/mol. The number of carbonyl (C=O) groups is 2. The average Bonchev–Trinajstić information content (AvgIpc) is 2.53. The second-order valence-electron chi connectivity index (χ2n) is 4.46. The van der Waals surface area contributed by atoms with Gasteiger partial charge in [0.25, 0.3) is 5.91 Å². The van der Waals surface area contributed by atoms with Crippen molar-refractivity contribution >= 4 is 17.6 Å². The summed E-state index contributed by atoms with van der Waals surface area (Å²) >= 11 is 0. The van der Waals surface area contributed by atoms with Crippen molar-refractivity contribution in [3.05, 3.63) is 60.2 Å². The number of hydrogen-bond donors (Lipinski definition) is 1. The van der Waals surface area contributed by atoms with Gasteiger partial charge in [-0.05, 0) is 36.4 Å². The maximum absolute atomic E-state index is 12.9. The Labute approximate surface area is 130 Å². The van der Waals surface area contributed by atoms with Crippen LogP contribution in [0.2, 0.25) is 0 Å². The first-order valence-corrected chi connectivity index (χ1v) is 6.62. The van der Waals surface area contributed by atoms with Gasteiger partial charge in [0.1, 0.15) is 17.4 Å². The minimum absolute atomic E-state index is 0.178. The molecule has 0 aliphatic carbocycles. The van der Waals surface area contributed by atoms with Crippen molar-refractivity contribution in [3.63, 3.8) is 0 Å². The largest absolute Gasteiger partial charge is 0.482 e. The van der Waals surface area contributed by atoms with E-state index in [0.29, 0.717) is 5.69 Å². The number of hydrogen-bond acceptors (Lipinski definition) is 4. The minimum Gasteiger partial charge on any atom is -0.482 e. The fourth-order valence-corrected chi connectivity index (χ4v) is 1.62. The summed E-state index contributed by atoms with van der Waals surface area (Å²) in [6.45, 7) is -0.962. The lowest BCUT2D eigenvalue weighted by Crippen LogP contribution is -2.23. The molecule has 0 unspecified atom stereocenters. The Kier molecular flexibility index (Phi) is 5.62. The Morgan fingerprint density at radius 3 is 2.39 bits per heavy atom. The van der Waals surface area contributed by atoms with Crippen LogP contribution in [0.4, 0.5) is 14.5 Å². The fraction of sp³-hybridized carbons (Fsp3) is 0.125. The second-order valence-corrected chi connectivity index (χ2v) is 4.46. The third-order valence-electron chi connectivity index (χ3n) is 2.64.